The van der Waals surface area contributed by atoms with Crippen LogP contribution >= 0.6 is 0 Å². The maximum Gasteiger partial charge on any atom is 0.322 e. The van der Waals surface area contributed by atoms with E-state index in [4.69, 9.17) is 0 Å². The van der Waals surface area contributed by atoms with E-state index >= 15 is 0 Å². The molecule has 5 nitrogen and oxygen atoms in total. The number of carbonyl (C=O) groups is 1. The molecule has 7 heteroatoms. The van der Waals surface area contributed by atoms with Gasteiger partial charge in [-0.2, -0.15) is 4.72 Å². The first-order valence-electron chi connectivity index (χ1n) is 6.43. The molecule has 0 spiro atoms. The summed E-state index contributed by atoms with van der Waals surface area (Å²) in [6.07, 6.45) is 0.0105. The van der Waals surface area contributed by atoms with Gasteiger partial charge in [-0.05, 0) is 36.2 Å². The van der Waals surface area contributed by atoms with Gasteiger partial charge < -0.3 is 5.11 Å². The molecule has 0 amide bonds. The van der Waals surface area contributed by atoms with Crippen LogP contribution in [0.2, 0.25) is 0 Å². The Labute approximate surface area is 127 Å². The molecule has 2 rings (SSSR count). The Hall–Kier alpha value is -2.25. The maximum atomic E-state index is 12.8. The van der Waals surface area contributed by atoms with E-state index in [0.29, 0.717) is 5.56 Å². The molecule has 0 bridgehead atoms. The van der Waals surface area contributed by atoms with Crippen molar-refractivity contribution in [3.63, 3.8) is 0 Å². The highest BCUT2D eigenvalue weighted by Gasteiger charge is 2.25. The number of nitrogens with one attached hydrogen (secondary N) is 1. The Kier molecular flexibility index (Phi) is 4.89. The summed E-state index contributed by atoms with van der Waals surface area (Å²) in [6.45, 7) is 0. The second-order valence-electron chi connectivity index (χ2n) is 4.66. The molecule has 0 aliphatic heterocycles. The number of hydrogen-bond donors (Lipinski definition) is 2. The number of carboxylic acids is 1. The highest BCUT2D eigenvalue weighted by molar-refractivity contribution is 7.89. The van der Waals surface area contributed by atoms with Crippen molar-refractivity contribution in [2.24, 2.45) is 0 Å². The molecular weight excluding hydrogens is 309 g/mol. The Morgan fingerprint density at radius 1 is 1.09 bits per heavy atom. The summed E-state index contributed by atoms with van der Waals surface area (Å²) in [7, 11) is -4.04. The fourth-order valence-corrected chi connectivity index (χ4v) is 3.09. The second-order valence-corrected chi connectivity index (χ2v) is 6.37. The van der Waals surface area contributed by atoms with Crippen LogP contribution in [0.4, 0.5) is 4.39 Å². The molecule has 1 unspecified atom stereocenters. The molecule has 0 aliphatic rings. The number of sulfonamides is 1. The minimum Gasteiger partial charge on any atom is -0.480 e. The molecule has 2 aromatic rings. The van der Waals surface area contributed by atoms with Crippen molar-refractivity contribution >= 4 is 16.0 Å². The molecule has 0 fully saturated rings. The van der Waals surface area contributed by atoms with Crippen LogP contribution in [0.3, 0.4) is 0 Å². The monoisotopic (exact) mass is 323 g/mol. The van der Waals surface area contributed by atoms with E-state index in [1.54, 1.807) is 30.3 Å². The first-order valence-corrected chi connectivity index (χ1v) is 7.91. The fourth-order valence-electron chi connectivity index (χ4n) is 1.90. The third kappa shape index (κ3) is 4.12. The molecule has 0 saturated heterocycles. The quantitative estimate of drug-likeness (QED) is 0.849. The lowest BCUT2D eigenvalue weighted by molar-refractivity contribution is -0.138. The van der Waals surface area contributed by atoms with Crippen LogP contribution in [-0.4, -0.2) is 25.5 Å². The van der Waals surface area contributed by atoms with Crippen LogP contribution in [-0.2, 0) is 21.2 Å². The predicted octanol–water partition coefficient (Wildman–Crippen LogP) is 1.80. The summed E-state index contributed by atoms with van der Waals surface area (Å²) < 4.78 is 39.3. The molecule has 22 heavy (non-hydrogen) atoms. The van der Waals surface area contributed by atoms with E-state index in [1.807, 2.05) is 0 Å². The molecule has 2 aromatic carbocycles. The number of carboxylic acid groups (broad SMARTS) is 1. The summed E-state index contributed by atoms with van der Waals surface area (Å²) >= 11 is 0. The number of rotatable bonds is 6. The SMILES string of the molecule is O=C(O)C(Cc1ccccc1)NS(=O)(=O)c1ccc(F)cc1. The van der Waals surface area contributed by atoms with Crippen LogP contribution in [0, 0.1) is 5.82 Å². The van der Waals surface area contributed by atoms with E-state index in [1.165, 1.54) is 0 Å². The zero-order valence-electron chi connectivity index (χ0n) is 11.4. The van der Waals surface area contributed by atoms with Gasteiger partial charge in [0, 0.05) is 0 Å². The van der Waals surface area contributed by atoms with E-state index in [9.17, 15) is 22.7 Å². The number of benzene rings is 2. The highest BCUT2D eigenvalue weighted by Crippen LogP contribution is 2.12. The Bertz CT molecular complexity index is 745. The van der Waals surface area contributed by atoms with Gasteiger partial charge in [-0.1, -0.05) is 30.3 Å². The summed E-state index contributed by atoms with van der Waals surface area (Å²) in [4.78, 5) is 11.1. The first-order chi connectivity index (χ1) is 10.4. The topological polar surface area (TPSA) is 83.5 Å². The molecular formula is C15H14FNO4S. The molecule has 0 aliphatic carbocycles. The number of halogens is 1. The summed E-state index contributed by atoms with van der Waals surface area (Å²) in [5.41, 5.74) is 0.691. The lowest BCUT2D eigenvalue weighted by Crippen LogP contribution is -2.42. The van der Waals surface area contributed by atoms with Gasteiger partial charge in [-0.3, -0.25) is 4.79 Å². The molecule has 116 valence electrons. The van der Waals surface area contributed by atoms with Gasteiger partial charge >= 0.3 is 5.97 Å². The van der Waals surface area contributed by atoms with Crippen molar-refractivity contribution in [2.45, 2.75) is 17.4 Å². The Morgan fingerprint density at radius 2 is 1.68 bits per heavy atom. The third-order valence-electron chi connectivity index (χ3n) is 3.00. The van der Waals surface area contributed by atoms with Crippen molar-refractivity contribution in [3.05, 3.63) is 66.0 Å². The smallest absolute Gasteiger partial charge is 0.322 e. The van der Waals surface area contributed by atoms with Crippen molar-refractivity contribution in [3.8, 4) is 0 Å². The molecule has 2 N–H and O–H groups in total. The summed E-state index contributed by atoms with van der Waals surface area (Å²) in [5, 5.41) is 9.20. The van der Waals surface area contributed by atoms with Gasteiger partial charge in [0.05, 0.1) is 4.90 Å². The predicted molar refractivity (Wildman–Crippen MR) is 78.3 cm³/mol. The highest BCUT2D eigenvalue weighted by atomic mass is 32.2. The third-order valence-corrected chi connectivity index (χ3v) is 4.49. The van der Waals surface area contributed by atoms with Gasteiger partial charge in [-0.15, -0.1) is 0 Å². The lowest BCUT2D eigenvalue weighted by Gasteiger charge is -2.15. The van der Waals surface area contributed by atoms with E-state index in [0.717, 1.165) is 24.3 Å². The van der Waals surface area contributed by atoms with Gasteiger partial charge in [-0.25, -0.2) is 12.8 Å². The summed E-state index contributed by atoms with van der Waals surface area (Å²) in [6, 6.07) is 11.5. The standard InChI is InChI=1S/C15H14FNO4S/c16-12-6-8-13(9-7-12)22(20,21)17-14(15(18)19)10-11-4-2-1-3-5-11/h1-9,14,17H,10H2,(H,18,19). The number of hydrogen-bond acceptors (Lipinski definition) is 3. The molecule has 0 aromatic heterocycles. The number of aliphatic carboxylic acids is 1. The first kappa shape index (κ1) is 16.1. The van der Waals surface area contributed by atoms with Crippen molar-refractivity contribution in [1.82, 2.24) is 4.72 Å². The normalized spacial score (nSPS) is 12.8. The minimum atomic E-state index is -4.04. The van der Waals surface area contributed by atoms with Crippen LogP contribution in [0.1, 0.15) is 5.56 Å². The van der Waals surface area contributed by atoms with Gasteiger partial charge in [0.2, 0.25) is 10.0 Å². The lowest BCUT2D eigenvalue weighted by atomic mass is 10.1. The molecule has 0 saturated carbocycles. The van der Waals surface area contributed by atoms with Gasteiger partial charge in [0.1, 0.15) is 11.9 Å². The van der Waals surface area contributed by atoms with Crippen LogP contribution in [0.25, 0.3) is 0 Å². The second kappa shape index (κ2) is 6.67. The summed E-state index contributed by atoms with van der Waals surface area (Å²) in [5.74, 6) is -1.85. The van der Waals surface area contributed by atoms with E-state index in [2.05, 4.69) is 4.72 Å². The minimum absolute atomic E-state index is 0.0105. The maximum absolute atomic E-state index is 12.8. The van der Waals surface area contributed by atoms with Crippen molar-refractivity contribution in [2.75, 3.05) is 0 Å². The molecule has 0 heterocycles. The van der Waals surface area contributed by atoms with Crippen LogP contribution in [0.15, 0.2) is 59.5 Å². The molecule has 1 atom stereocenters. The van der Waals surface area contributed by atoms with E-state index < -0.39 is 27.9 Å². The Balaban J connectivity index is 2.20. The molecule has 0 radical (unpaired) electrons. The van der Waals surface area contributed by atoms with Crippen molar-refractivity contribution in [1.29, 1.82) is 0 Å². The largest absolute Gasteiger partial charge is 0.480 e. The van der Waals surface area contributed by atoms with Crippen LogP contribution in [0.5, 0.6) is 0 Å². The fraction of sp³-hybridized carbons (Fsp3) is 0.133. The average molecular weight is 323 g/mol. The van der Waals surface area contributed by atoms with Gasteiger partial charge in [0.25, 0.3) is 0 Å². The van der Waals surface area contributed by atoms with E-state index in [-0.39, 0.29) is 11.3 Å². The zero-order chi connectivity index (χ0) is 16.2. The zero-order valence-corrected chi connectivity index (χ0v) is 12.3. The van der Waals surface area contributed by atoms with Crippen molar-refractivity contribution < 1.29 is 22.7 Å². The average Bonchev–Trinajstić information content (AvgIpc) is 2.48. The van der Waals surface area contributed by atoms with Crippen LogP contribution < -0.4 is 4.72 Å². The Morgan fingerprint density at radius 3 is 2.23 bits per heavy atom. The van der Waals surface area contributed by atoms with Gasteiger partial charge in [0.15, 0.2) is 0 Å².